The fourth-order valence-corrected chi connectivity index (χ4v) is 2.95. The molecule has 19 heavy (non-hydrogen) atoms. The first kappa shape index (κ1) is 13.8. The second-order valence-electron chi connectivity index (χ2n) is 4.96. The van der Waals surface area contributed by atoms with E-state index in [9.17, 15) is 4.21 Å². The molecule has 0 aromatic heterocycles. The average molecular weight is 273 g/mol. The maximum atomic E-state index is 12.2. The van der Waals surface area contributed by atoms with Crippen molar-refractivity contribution >= 4 is 16.5 Å². The van der Waals surface area contributed by atoms with E-state index in [1.165, 1.54) is 5.56 Å². The fraction of sp³-hybridized carbons (Fsp3) is 0.250. The molecule has 0 fully saturated rings. The van der Waals surface area contributed by atoms with Gasteiger partial charge in [-0.3, -0.25) is 4.21 Å². The van der Waals surface area contributed by atoms with Crippen LogP contribution in [0.4, 0.5) is 5.69 Å². The Morgan fingerprint density at radius 1 is 1.00 bits per heavy atom. The van der Waals surface area contributed by atoms with Crippen LogP contribution in [-0.2, 0) is 16.6 Å². The number of hydrogen-bond acceptors (Lipinski definition) is 2. The summed E-state index contributed by atoms with van der Waals surface area (Å²) in [6.07, 6.45) is 0. The highest BCUT2D eigenvalue weighted by molar-refractivity contribution is 7.84. The Hall–Kier alpha value is -1.61. The molecule has 0 aliphatic carbocycles. The molecule has 2 aromatic carbocycles. The lowest BCUT2D eigenvalue weighted by atomic mass is 10.0. The molecular weight excluding hydrogens is 254 g/mol. The van der Waals surface area contributed by atoms with Gasteiger partial charge in [0.15, 0.2) is 0 Å². The summed E-state index contributed by atoms with van der Waals surface area (Å²) in [5, 5.41) is 0. The molecule has 0 bridgehead atoms. The van der Waals surface area contributed by atoms with Crippen molar-refractivity contribution in [2.75, 3.05) is 5.73 Å². The summed E-state index contributed by atoms with van der Waals surface area (Å²) in [6.45, 7) is 4.34. The first-order chi connectivity index (χ1) is 9.06. The zero-order chi connectivity index (χ0) is 13.8. The first-order valence-corrected chi connectivity index (χ1v) is 7.71. The van der Waals surface area contributed by atoms with Crippen LogP contribution in [0.5, 0.6) is 0 Å². The van der Waals surface area contributed by atoms with Crippen molar-refractivity contribution in [1.29, 1.82) is 0 Å². The molecule has 0 radical (unpaired) electrons. The second-order valence-corrected chi connectivity index (χ2v) is 6.41. The zero-order valence-corrected chi connectivity index (χ0v) is 12.1. The monoisotopic (exact) mass is 273 g/mol. The molecule has 0 saturated carbocycles. The molecular formula is C16H19NOS. The predicted molar refractivity (Wildman–Crippen MR) is 81.5 cm³/mol. The van der Waals surface area contributed by atoms with Crippen LogP contribution in [0.25, 0.3) is 0 Å². The summed E-state index contributed by atoms with van der Waals surface area (Å²) in [7, 11) is -1.02. The van der Waals surface area contributed by atoms with Gasteiger partial charge >= 0.3 is 0 Å². The Kier molecular flexibility index (Phi) is 4.38. The van der Waals surface area contributed by atoms with Gasteiger partial charge in [0, 0.05) is 10.6 Å². The van der Waals surface area contributed by atoms with Gasteiger partial charge in [-0.25, -0.2) is 0 Å². The lowest BCUT2D eigenvalue weighted by Crippen LogP contribution is -1.97. The van der Waals surface area contributed by atoms with E-state index in [-0.39, 0.29) is 0 Å². The van der Waals surface area contributed by atoms with Gasteiger partial charge in [0.1, 0.15) is 0 Å². The number of anilines is 1. The van der Waals surface area contributed by atoms with Gasteiger partial charge in [-0.1, -0.05) is 38.1 Å². The molecule has 0 aliphatic heterocycles. The van der Waals surface area contributed by atoms with E-state index in [1.807, 2.05) is 12.1 Å². The van der Waals surface area contributed by atoms with E-state index in [2.05, 4.69) is 38.1 Å². The summed E-state index contributed by atoms with van der Waals surface area (Å²) < 4.78 is 12.2. The molecule has 1 atom stereocenters. The Labute approximate surface area is 117 Å². The van der Waals surface area contributed by atoms with Crippen molar-refractivity contribution < 1.29 is 4.21 Å². The van der Waals surface area contributed by atoms with Crippen molar-refractivity contribution in [3.63, 3.8) is 0 Å². The molecule has 0 heterocycles. The van der Waals surface area contributed by atoms with E-state index in [0.717, 1.165) is 10.5 Å². The standard InChI is InChI=1S/C16H19NOS/c1-12(2)14-5-3-13(4-6-14)11-19(18)16-9-7-15(17)8-10-16/h3-10,12H,11,17H2,1-2H3. The quantitative estimate of drug-likeness (QED) is 0.863. The molecule has 1 unspecified atom stereocenters. The summed E-state index contributed by atoms with van der Waals surface area (Å²) in [5.41, 5.74) is 8.73. The molecule has 0 amide bonds. The fourth-order valence-electron chi connectivity index (χ4n) is 1.85. The van der Waals surface area contributed by atoms with Gasteiger partial charge in [-0.05, 0) is 41.3 Å². The Balaban J connectivity index is 2.08. The largest absolute Gasteiger partial charge is 0.399 e. The zero-order valence-electron chi connectivity index (χ0n) is 11.3. The molecule has 0 spiro atoms. The molecule has 2 rings (SSSR count). The number of nitrogens with two attached hydrogens (primary N) is 1. The maximum Gasteiger partial charge on any atom is 0.0574 e. The molecule has 3 heteroatoms. The topological polar surface area (TPSA) is 43.1 Å². The van der Waals surface area contributed by atoms with Crippen molar-refractivity contribution in [1.82, 2.24) is 0 Å². The summed E-state index contributed by atoms with van der Waals surface area (Å²) in [4.78, 5) is 0.821. The van der Waals surface area contributed by atoms with E-state index in [1.54, 1.807) is 12.1 Å². The lowest BCUT2D eigenvalue weighted by Gasteiger charge is -2.07. The normalized spacial score (nSPS) is 12.6. The Morgan fingerprint density at radius 3 is 2.11 bits per heavy atom. The van der Waals surface area contributed by atoms with Crippen LogP contribution in [-0.4, -0.2) is 4.21 Å². The van der Waals surface area contributed by atoms with E-state index >= 15 is 0 Å². The van der Waals surface area contributed by atoms with Crippen molar-refractivity contribution in [3.8, 4) is 0 Å². The number of rotatable bonds is 4. The van der Waals surface area contributed by atoms with Gasteiger partial charge in [-0.2, -0.15) is 0 Å². The minimum atomic E-state index is -1.02. The summed E-state index contributed by atoms with van der Waals surface area (Å²) >= 11 is 0. The van der Waals surface area contributed by atoms with Crippen molar-refractivity contribution in [2.45, 2.75) is 30.4 Å². The van der Waals surface area contributed by atoms with Gasteiger partial charge in [-0.15, -0.1) is 0 Å². The summed E-state index contributed by atoms with van der Waals surface area (Å²) in [5.74, 6) is 1.07. The van der Waals surface area contributed by atoms with E-state index in [4.69, 9.17) is 5.73 Å². The average Bonchev–Trinajstić information content (AvgIpc) is 2.40. The highest BCUT2D eigenvalue weighted by Gasteiger charge is 2.06. The molecule has 0 saturated heterocycles. The van der Waals surface area contributed by atoms with Crippen LogP contribution in [0.3, 0.4) is 0 Å². The van der Waals surface area contributed by atoms with Gasteiger partial charge in [0.2, 0.25) is 0 Å². The minimum absolute atomic E-state index is 0.525. The maximum absolute atomic E-state index is 12.2. The third kappa shape index (κ3) is 3.67. The number of hydrogen-bond donors (Lipinski definition) is 1. The van der Waals surface area contributed by atoms with Crippen LogP contribution >= 0.6 is 0 Å². The van der Waals surface area contributed by atoms with Crippen LogP contribution in [0, 0.1) is 0 Å². The third-order valence-corrected chi connectivity index (χ3v) is 4.48. The third-order valence-electron chi connectivity index (χ3n) is 3.09. The van der Waals surface area contributed by atoms with Gasteiger partial charge < -0.3 is 5.73 Å². The van der Waals surface area contributed by atoms with Gasteiger partial charge in [0.25, 0.3) is 0 Å². The Bertz CT molecular complexity index is 558. The minimum Gasteiger partial charge on any atom is -0.399 e. The number of nitrogen functional groups attached to an aromatic ring is 1. The summed E-state index contributed by atoms with van der Waals surface area (Å²) in [6, 6.07) is 15.6. The molecule has 100 valence electrons. The smallest absolute Gasteiger partial charge is 0.0574 e. The van der Waals surface area contributed by atoms with Crippen LogP contribution < -0.4 is 5.73 Å². The van der Waals surface area contributed by atoms with Crippen molar-refractivity contribution in [3.05, 3.63) is 59.7 Å². The van der Waals surface area contributed by atoms with E-state index < -0.39 is 10.8 Å². The van der Waals surface area contributed by atoms with Gasteiger partial charge in [0.05, 0.1) is 16.6 Å². The van der Waals surface area contributed by atoms with Crippen LogP contribution in [0.1, 0.15) is 30.9 Å². The van der Waals surface area contributed by atoms with Crippen LogP contribution in [0.15, 0.2) is 53.4 Å². The highest BCUT2D eigenvalue weighted by Crippen LogP contribution is 2.18. The number of benzene rings is 2. The SMILES string of the molecule is CC(C)c1ccc(CS(=O)c2ccc(N)cc2)cc1. The van der Waals surface area contributed by atoms with Crippen LogP contribution in [0.2, 0.25) is 0 Å². The second kappa shape index (κ2) is 6.02. The lowest BCUT2D eigenvalue weighted by molar-refractivity contribution is 0.682. The first-order valence-electron chi connectivity index (χ1n) is 6.39. The Morgan fingerprint density at radius 2 is 1.58 bits per heavy atom. The van der Waals surface area contributed by atoms with Crippen molar-refractivity contribution in [2.24, 2.45) is 0 Å². The molecule has 2 aromatic rings. The predicted octanol–water partition coefficient (Wildman–Crippen LogP) is 3.70. The molecule has 2 nitrogen and oxygen atoms in total. The molecule has 2 N–H and O–H groups in total. The molecule has 0 aliphatic rings. The highest BCUT2D eigenvalue weighted by atomic mass is 32.2. The van der Waals surface area contributed by atoms with E-state index in [0.29, 0.717) is 17.4 Å².